The summed E-state index contributed by atoms with van der Waals surface area (Å²) in [4.78, 5) is 0. The standard InChI is InChI=1S/C28H44O3/c1-19(9-6-5-7-10-20(2)29)25-14-15-26-22(11-8-16-28(25,26)4)12-13-23-17-24(30)18-27(31)21(23)3/h12-14,19-20,24,26-27,29-31H,3,5-11,15-18H2,1-2,4H3/b22-12+,23-13+/t19?,20?,24-,26?,27+,28-/m1/s1. The van der Waals surface area contributed by atoms with Gasteiger partial charge < -0.3 is 15.3 Å². The predicted molar refractivity (Wildman–Crippen MR) is 129 cm³/mol. The smallest absolute Gasteiger partial charge is 0.0811 e. The number of hydrogen-bond acceptors (Lipinski definition) is 3. The number of allylic oxidation sites excluding steroid dienone is 5. The van der Waals surface area contributed by atoms with E-state index in [0.717, 1.165) is 36.8 Å². The Kier molecular flexibility index (Phi) is 8.40. The fourth-order valence-electron chi connectivity index (χ4n) is 6.30. The van der Waals surface area contributed by atoms with Crippen LogP contribution in [-0.2, 0) is 0 Å². The van der Waals surface area contributed by atoms with Crippen LogP contribution in [0.2, 0.25) is 0 Å². The first-order valence-corrected chi connectivity index (χ1v) is 12.6. The van der Waals surface area contributed by atoms with Crippen molar-refractivity contribution in [3.63, 3.8) is 0 Å². The third-order valence-corrected chi connectivity index (χ3v) is 8.17. The van der Waals surface area contributed by atoms with Gasteiger partial charge in [0.2, 0.25) is 0 Å². The average molecular weight is 429 g/mol. The molecule has 0 aromatic heterocycles. The molecular formula is C28H44O3. The van der Waals surface area contributed by atoms with Crippen molar-refractivity contribution in [2.24, 2.45) is 17.3 Å². The van der Waals surface area contributed by atoms with E-state index in [1.807, 2.05) is 6.92 Å². The summed E-state index contributed by atoms with van der Waals surface area (Å²) < 4.78 is 0. The maximum atomic E-state index is 10.1. The maximum Gasteiger partial charge on any atom is 0.0811 e. The van der Waals surface area contributed by atoms with Crippen molar-refractivity contribution in [1.29, 1.82) is 0 Å². The molecule has 3 rings (SSSR count). The lowest BCUT2D eigenvalue weighted by Gasteiger charge is -2.42. The van der Waals surface area contributed by atoms with E-state index in [1.165, 1.54) is 37.7 Å². The first-order chi connectivity index (χ1) is 14.7. The Morgan fingerprint density at radius 2 is 1.90 bits per heavy atom. The zero-order valence-corrected chi connectivity index (χ0v) is 19.9. The third kappa shape index (κ3) is 5.80. The van der Waals surface area contributed by atoms with Crippen LogP contribution < -0.4 is 0 Å². The number of hydrogen-bond donors (Lipinski definition) is 3. The van der Waals surface area contributed by atoms with Gasteiger partial charge in [0.15, 0.2) is 0 Å². The Morgan fingerprint density at radius 1 is 1.16 bits per heavy atom. The second-order valence-electron chi connectivity index (χ2n) is 10.7. The first kappa shape index (κ1) is 24.5. The molecule has 0 saturated heterocycles. The highest BCUT2D eigenvalue weighted by atomic mass is 16.3. The zero-order valence-electron chi connectivity index (χ0n) is 19.9. The number of fused-ring (bicyclic) bond motifs is 1. The Morgan fingerprint density at radius 3 is 2.65 bits per heavy atom. The van der Waals surface area contributed by atoms with Crippen LogP contribution in [-0.4, -0.2) is 33.6 Å². The number of rotatable bonds is 8. The van der Waals surface area contributed by atoms with Crippen LogP contribution in [0.3, 0.4) is 0 Å². The second-order valence-corrected chi connectivity index (χ2v) is 10.7. The fourth-order valence-corrected chi connectivity index (χ4v) is 6.30. The van der Waals surface area contributed by atoms with Crippen molar-refractivity contribution in [1.82, 2.24) is 0 Å². The van der Waals surface area contributed by atoms with E-state index in [-0.39, 0.29) is 11.5 Å². The van der Waals surface area contributed by atoms with Crippen LogP contribution in [0.4, 0.5) is 0 Å². The zero-order chi connectivity index (χ0) is 22.6. The SMILES string of the molecule is C=C1/C(=C/C=C2\CCC[C@]3(C)C(C(C)CCCCCC(C)O)=CCC23)C[C@@H](O)C[C@@H]1O. The molecule has 3 unspecified atom stereocenters. The number of unbranched alkanes of at least 4 members (excludes halogenated alkanes) is 2. The van der Waals surface area contributed by atoms with E-state index in [1.54, 1.807) is 5.57 Å². The van der Waals surface area contributed by atoms with Crippen LogP contribution in [0.1, 0.15) is 91.4 Å². The molecule has 0 heterocycles. The van der Waals surface area contributed by atoms with Gasteiger partial charge in [-0.05, 0) is 80.3 Å². The summed E-state index contributed by atoms with van der Waals surface area (Å²) in [6, 6.07) is 0. The molecule has 0 spiro atoms. The molecule has 0 radical (unpaired) electrons. The number of aliphatic hydroxyl groups is 3. The summed E-state index contributed by atoms with van der Waals surface area (Å²) in [5.41, 5.74) is 5.24. The highest BCUT2D eigenvalue weighted by Crippen LogP contribution is 2.57. The molecule has 174 valence electrons. The van der Waals surface area contributed by atoms with Gasteiger partial charge in [0.1, 0.15) is 0 Å². The van der Waals surface area contributed by atoms with Crippen molar-refractivity contribution >= 4 is 0 Å². The summed E-state index contributed by atoms with van der Waals surface area (Å²) >= 11 is 0. The molecule has 3 N–H and O–H groups in total. The van der Waals surface area contributed by atoms with Gasteiger partial charge in [-0.1, -0.05) is 69.1 Å². The Bertz CT molecular complexity index is 729. The lowest BCUT2D eigenvalue weighted by molar-refractivity contribution is 0.0862. The van der Waals surface area contributed by atoms with Crippen molar-refractivity contribution in [2.45, 2.75) is 110 Å². The van der Waals surface area contributed by atoms with Gasteiger partial charge in [-0.25, -0.2) is 0 Å². The molecule has 0 amide bonds. The van der Waals surface area contributed by atoms with Gasteiger partial charge in [-0.2, -0.15) is 0 Å². The Balaban J connectivity index is 1.64. The minimum absolute atomic E-state index is 0.172. The van der Waals surface area contributed by atoms with Gasteiger partial charge in [-0.15, -0.1) is 0 Å². The van der Waals surface area contributed by atoms with Crippen LogP contribution in [0.25, 0.3) is 0 Å². The van der Waals surface area contributed by atoms with Crippen molar-refractivity contribution in [3.8, 4) is 0 Å². The summed E-state index contributed by atoms with van der Waals surface area (Å²) in [7, 11) is 0. The van der Waals surface area contributed by atoms with Crippen LogP contribution >= 0.6 is 0 Å². The monoisotopic (exact) mass is 428 g/mol. The molecule has 0 aromatic carbocycles. The molecule has 31 heavy (non-hydrogen) atoms. The molecule has 0 aliphatic heterocycles. The van der Waals surface area contributed by atoms with Gasteiger partial charge in [-0.3, -0.25) is 0 Å². The molecule has 3 aliphatic rings. The van der Waals surface area contributed by atoms with Gasteiger partial charge in [0.05, 0.1) is 18.3 Å². The lowest BCUT2D eigenvalue weighted by atomic mass is 9.62. The Labute approximate surface area is 189 Å². The van der Waals surface area contributed by atoms with E-state index < -0.39 is 12.2 Å². The fraction of sp³-hybridized carbons (Fsp3) is 0.714. The normalized spacial score (nSPS) is 35.9. The predicted octanol–water partition coefficient (Wildman–Crippen LogP) is 6.01. The maximum absolute atomic E-state index is 10.1. The van der Waals surface area contributed by atoms with Gasteiger partial charge in [0, 0.05) is 6.42 Å². The molecule has 0 bridgehead atoms. The van der Waals surface area contributed by atoms with Crippen LogP contribution in [0, 0.1) is 17.3 Å². The largest absolute Gasteiger partial charge is 0.393 e. The van der Waals surface area contributed by atoms with Crippen molar-refractivity contribution in [2.75, 3.05) is 0 Å². The average Bonchev–Trinajstić information content (AvgIpc) is 3.06. The molecule has 3 aliphatic carbocycles. The summed E-state index contributed by atoms with van der Waals surface area (Å²) in [5, 5.41) is 29.6. The Hall–Kier alpha value is -1.16. The molecule has 0 aromatic rings. The first-order valence-electron chi connectivity index (χ1n) is 12.6. The van der Waals surface area contributed by atoms with Crippen LogP contribution in [0.5, 0.6) is 0 Å². The minimum atomic E-state index is -0.619. The van der Waals surface area contributed by atoms with E-state index in [9.17, 15) is 15.3 Å². The van der Waals surface area contributed by atoms with E-state index in [4.69, 9.17) is 0 Å². The quantitative estimate of drug-likeness (QED) is 0.327. The molecule has 2 fully saturated rings. The molecule has 3 nitrogen and oxygen atoms in total. The van der Waals surface area contributed by atoms with Gasteiger partial charge in [0.25, 0.3) is 0 Å². The third-order valence-electron chi connectivity index (χ3n) is 8.17. The van der Waals surface area contributed by atoms with Crippen molar-refractivity contribution in [3.05, 3.63) is 47.1 Å². The summed E-state index contributed by atoms with van der Waals surface area (Å²) in [5.74, 6) is 1.21. The summed E-state index contributed by atoms with van der Waals surface area (Å²) in [6.45, 7) is 10.8. The topological polar surface area (TPSA) is 60.7 Å². The lowest BCUT2D eigenvalue weighted by Crippen LogP contribution is -2.32. The van der Waals surface area contributed by atoms with Crippen LogP contribution in [0.15, 0.2) is 47.1 Å². The van der Waals surface area contributed by atoms with Gasteiger partial charge >= 0.3 is 0 Å². The molecule has 2 saturated carbocycles. The molecule has 3 heteroatoms. The minimum Gasteiger partial charge on any atom is -0.393 e. The highest BCUT2D eigenvalue weighted by molar-refractivity contribution is 5.40. The summed E-state index contributed by atoms with van der Waals surface area (Å²) in [6.07, 6.45) is 17.2. The van der Waals surface area contributed by atoms with Crippen molar-refractivity contribution < 1.29 is 15.3 Å². The van der Waals surface area contributed by atoms with E-state index >= 15 is 0 Å². The number of aliphatic hydroxyl groups excluding tert-OH is 3. The molecule has 6 atom stereocenters. The highest BCUT2D eigenvalue weighted by Gasteiger charge is 2.45. The molecular weight excluding hydrogens is 384 g/mol. The van der Waals surface area contributed by atoms with E-state index in [0.29, 0.717) is 24.7 Å². The second kappa shape index (κ2) is 10.6. The van der Waals surface area contributed by atoms with E-state index in [2.05, 4.69) is 38.7 Å².